The minimum absolute atomic E-state index is 0.0134. The lowest BCUT2D eigenvalue weighted by Gasteiger charge is -2.43. The van der Waals surface area contributed by atoms with Gasteiger partial charge in [-0.05, 0) is 51.4 Å². The van der Waals surface area contributed by atoms with E-state index in [9.17, 15) is 27.2 Å². The summed E-state index contributed by atoms with van der Waals surface area (Å²) >= 11 is 0. The first-order valence-corrected chi connectivity index (χ1v) is 9.33. The molecule has 0 N–H and O–H groups in total. The Balaban J connectivity index is 2.01. The van der Waals surface area contributed by atoms with Crippen LogP contribution in [0.15, 0.2) is 24.3 Å². The van der Waals surface area contributed by atoms with Crippen LogP contribution in [-0.4, -0.2) is 48.8 Å². The van der Waals surface area contributed by atoms with Crippen LogP contribution < -0.4 is 0 Å². The first-order valence-electron chi connectivity index (χ1n) is 9.33. The van der Waals surface area contributed by atoms with E-state index in [4.69, 9.17) is 9.47 Å². The second kappa shape index (κ2) is 9.09. The van der Waals surface area contributed by atoms with Crippen LogP contribution in [0, 0.1) is 11.8 Å². The molecule has 8 atom stereocenters. The number of rotatable bonds is 5. The van der Waals surface area contributed by atoms with Crippen molar-refractivity contribution in [3.8, 4) is 0 Å². The summed E-state index contributed by atoms with van der Waals surface area (Å²) in [6.07, 6.45) is -10.8. The maximum atomic E-state index is 14.7. The van der Waals surface area contributed by atoms with E-state index in [0.717, 1.165) is 0 Å². The van der Waals surface area contributed by atoms with Crippen LogP contribution in [0.3, 0.4) is 0 Å². The summed E-state index contributed by atoms with van der Waals surface area (Å²) in [6.45, 7) is 9.56. The molecule has 2 rings (SSSR count). The van der Waals surface area contributed by atoms with Gasteiger partial charge in [-0.2, -0.15) is 0 Å². The van der Waals surface area contributed by atoms with Gasteiger partial charge in [0.05, 0.1) is 0 Å². The lowest BCUT2D eigenvalue weighted by atomic mass is 9.69. The van der Waals surface area contributed by atoms with Crippen LogP contribution in [0.2, 0.25) is 0 Å². The van der Waals surface area contributed by atoms with Crippen molar-refractivity contribution >= 4 is 11.9 Å². The SMILES string of the molecule is C=C(C)C(=O)OC1CCC(C2CCC(OC(=O)C(=C)C)C(F)C2F)C(F)C1F. The van der Waals surface area contributed by atoms with Gasteiger partial charge in [0.2, 0.25) is 0 Å². The predicted molar refractivity (Wildman–Crippen MR) is 94.4 cm³/mol. The molecule has 0 saturated heterocycles. The Morgan fingerprint density at radius 3 is 1.29 bits per heavy atom. The molecule has 0 bridgehead atoms. The first kappa shape index (κ1) is 22.4. The Kier molecular flexibility index (Phi) is 7.28. The molecule has 0 amide bonds. The molecule has 2 aliphatic carbocycles. The van der Waals surface area contributed by atoms with E-state index in [-0.39, 0.29) is 36.8 Å². The Hall–Kier alpha value is -1.86. The largest absolute Gasteiger partial charge is 0.456 e. The van der Waals surface area contributed by atoms with Gasteiger partial charge in [-0.1, -0.05) is 13.2 Å². The van der Waals surface area contributed by atoms with Crippen LogP contribution in [0.4, 0.5) is 17.6 Å². The van der Waals surface area contributed by atoms with E-state index >= 15 is 0 Å². The molecule has 2 aliphatic rings. The van der Waals surface area contributed by atoms with Gasteiger partial charge in [-0.25, -0.2) is 27.2 Å². The van der Waals surface area contributed by atoms with E-state index in [1.807, 2.05) is 0 Å². The smallest absolute Gasteiger partial charge is 0.333 e. The number of ether oxygens (including phenoxy) is 2. The van der Waals surface area contributed by atoms with Crippen molar-refractivity contribution in [2.24, 2.45) is 11.8 Å². The van der Waals surface area contributed by atoms with Crippen LogP contribution in [0.1, 0.15) is 39.5 Å². The van der Waals surface area contributed by atoms with Gasteiger partial charge >= 0.3 is 11.9 Å². The maximum absolute atomic E-state index is 14.7. The summed E-state index contributed by atoms with van der Waals surface area (Å²) < 4.78 is 68.1. The highest BCUT2D eigenvalue weighted by Gasteiger charge is 2.51. The first-order chi connectivity index (χ1) is 13.0. The third kappa shape index (κ3) is 4.75. The zero-order chi connectivity index (χ0) is 21.2. The van der Waals surface area contributed by atoms with Crippen molar-refractivity contribution in [2.45, 2.75) is 76.4 Å². The highest BCUT2D eigenvalue weighted by atomic mass is 19.2. The second-order valence-corrected chi connectivity index (χ2v) is 7.71. The molecule has 0 spiro atoms. The van der Waals surface area contributed by atoms with E-state index in [0.29, 0.717) is 0 Å². The fourth-order valence-corrected chi connectivity index (χ4v) is 3.86. The van der Waals surface area contributed by atoms with E-state index in [1.165, 1.54) is 13.8 Å². The van der Waals surface area contributed by atoms with Crippen molar-refractivity contribution in [3.63, 3.8) is 0 Å². The Morgan fingerprint density at radius 2 is 1.00 bits per heavy atom. The Labute approximate surface area is 161 Å². The molecule has 8 heteroatoms. The highest BCUT2D eigenvalue weighted by Crippen LogP contribution is 2.44. The summed E-state index contributed by atoms with van der Waals surface area (Å²) in [5, 5.41) is 0. The van der Waals surface area contributed by atoms with Crippen LogP contribution in [0.25, 0.3) is 0 Å². The lowest BCUT2D eigenvalue weighted by molar-refractivity contribution is -0.162. The maximum Gasteiger partial charge on any atom is 0.333 e. The van der Waals surface area contributed by atoms with E-state index in [2.05, 4.69) is 13.2 Å². The van der Waals surface area contributed by atoms with Crippen molar-refractivity contribution in [1.82, 2.24) is 0 Å². The van der Waals surface area contributed by atoms with Gasteiger partial charge in [-0.3, -0.25) is 0 Å². The van der Waals surface area contributed by atoms with Gasteiger partial charge in [-0.15, -0.1) is 0 Å². The summed E-state index contributed by atoms with van der Waals surface area (Å²) in [7, 11) is 0. The minimum atomic E-state index is -2.12. The molecular weight excluding hydrogens is 380 g/mol. The fourth-order valence-electron chi connectivity index (χ4n) is 3.86. The number of carbonyl (C=O) groups is 2. The average molecular weight is 406 g/mol. The molecule has 2 fully saturated rings. The summed E-state index contributed by atoms with van der Waals surface area (Å²) in [5.74, 6) is -3.71. The quantitative estimate of drug-likeness (QED) is 0.391. The Morgan fingerprint density at radius 1 is 0.679 bits per heavy atom. The third-order valence-electron chi connectivity index (χ3n) is 5.47. The van der Waals surface area contributed by atoms with Gasteiger partial charge in [0.25, 0.3) is 0 Å². The number of hydrogen-bond acceptors (Lipinski definition) is 4. The molecule has 28 heavy (non-hydrogen) atoms. The summed E-state index contributed by atoms with van der Waals surface area (Å²) in [4.78, 5) is 23.1. The standard InChI is InChI=1S/C20H26F4O4/c1-9(2)19(25)27-13-7-5-11(15(21)17(13)23)12-6-8-14(18(24)16(12)22)28-20(26)10(3)4/h11-18H,1,3,5-8H2,2,4H3. The third-order valence-corrected chi connectivity index (χ3v) is 5.47. The molecule has 158 valence electrons. The number of esters is 2. The molecule has 2 saturated carbocycles. The average Bonchev–Trinajstić information content (AvgIpc) is 2.63. The van der Waals surface area contributed by atoms with Crippen molar-refractivity contribution < 1.29 is 36.6 Å². The number of hydrogen-bond donors (Lipinski definition) is 0. The molecule has 8 unspecified atom stereocenters. The van der Waals surface area contributed by atoms with Gasteiger partial charge < -0.3 is 9.47 Å². The van der Waals surface area contributed by atoms with Gasteiger partial charge in [0.15, 0.2) is 12.3 Å². The molecule has 4 nitrogen and oxygen atoms in total. The minimum Gasteiger partial charge on any atom is -0.456 e. The summed E-state index contributed by atoms with van der Waals surface area (Å²) in [5.41, 5.74) is 0.132. The topological polar surface area (TPSA) is 52.6 Å². The van der Waals surface area contributed by atoms with Gasteiger partial charge in [0.1, 0.15) is 24.6 Å². The normalized spacial score (nSPS) is 38.4. The molecule has 0 heterocycles. The van der Waals surface area contributed by atoms with E-state index in [1.54, 1.807) is 0 Å². The van der Waals surface area contributed by atoms with Crippen LogP contribution in [0.5, 0.6) is 0 Å². The molecule has 0 aromatic heterocycles. The van der Waals surface area contributed by atoms with Crippen molar-refractivity contribution in [1.29, 1.82) is 0 Å². The zero-order valence-corrected chi connectivity index (χ0v) is 16.0. The fraction of sp³-hybridized carbons (Fsp3) is 0.700. The number of halogens is 4. The molecule has 0 aliphatic heterocycles. The molecule has 0 radical (unpaired) electrons. The van der Waals surface area contributed by atoms with Crippen molar-refractivity contribution in [3.05, 3.63) is 24.3 Å². The van der Waals surface area contributed by atoms with Crippen molar-refractivity contribution in [2.75, 3.05) is 0 Å². The van der Waals surface area contributed by atoms with Crippen LogP contribution >= 0.6 is 0 Å². The monoisotopic (exact) mass is 406 g/mol. The Bertz CT molecular complexity index is 584. The molecular formula is C20H26F4O4. The molecule has 0 aromatic carbocycles. The highest BCUT2D eigenvalue weighted by molar-refractivity contribution is 5.87. The predicted octanol–water partition coefficient (Wildman–Crippen LogP) is 4.13. The zero-order valence-electron chi connectivity index (χ0n) is 16.0. The number of alkyl halides is 4. The summed E-state index contributed by atoms with van der Waals surface area (Å²) in [6, 6.07) is 0. The van der Waals surface area contributed by atoms with Crippen LogP contribution in [-0.2, 0) is 19.1 Å². The van der Waals surface area contributed by atoms with Gasteiger partial charge in [0, 0.05) is 11.1 Å². The molecule has 0 aromatic rings. The number of carbonyl (C=O) groups excluding carboxylic acids is 2. The van der Waals surface area contributed by atoms with E-state index < -0.39 is 60.7 Å². The lowest BCUT2D eigenvalue weighted by Crippen LogP contribution is -2.52. The second-order valence-electron chi connectivity index (χ2n) is 7.71.